The number of anilines is 1. The molecule has 0 saturated carbocycles. The molecule has 0 radical (unpaired) electrons. The van der Waals surface area contributed by atoms with Gasteiger partial charge in [0.15, 0.2) is 0 Å². The third-order valence-corrected chi connectivity index (χ3v) is 6.42. The minimum Gasteiger partial charge on any atom is -0.466 e. The van der Waals surface area contributed by atoms with E-state index in [1.165, 1.54) is 17.7 Å². The van der Waals surface area contributed by atoms with E-state index in [0.717, 1.165) is 10.1 Å². The summed E-state index contributed by atoms with van der Waals surface area (Å²) in [5.74, 6) is -1.12. The van der Waals surface area contributed by atoms with Crippen LogP contribution in [0.15, 0.2) is 88.5 Å². The molecular weight excluding hydrogens is 526 g/mol. The smallest absolute Gasteiger partial charge is 0.331 e. The molecule has 0 fully saturated rings. The third-order valence-electron chi connectivity index (χ3n) is 6.42. The van der Waals surface area contributed by atoms with Gasteiger partial charge in [-0.15, -0.1) is 0 Å². The Morgan fingerprint density at radius 1 is 0.927 bits per heavy atom. The summed E-state index contributed by atoms with van der Waals surface area (Å²) in [4.78, 5) is 64.1. The number of carbonyl (C=O) groups excluding carboxylic acids is 3. The van der Waals surface area contributed by atoms with Crippen molar-refractivity contribution in [3.05, 3.63) is 111 Å². The number of carbonyl (C=O) groups is 3. The van der Waals surface area contributed by atoms with Gasteiger partial charge in [0.1, 0.15) is 6.54 Å². The van der Waals surface area contributed by atoms with Gasteiger partial charge in [-0.3, -0.25) is 23.5 Å². The van der Waals surface area contributed by atoms with Crippen LogP contribution in [0, 0.1) is 0 Å². The van der Waals surface area contributed by atoms with Gasteiger partial charge in [-0.25, -0.2) is 9.59 Å². The van der Waals surface area contributed by atoms with Crippen molar-refractivity contribution >= 4 is 34.5 Å². The Bertz CT molecular complexity index is 1660. The van der Waals surface area contributed by atoms with Crippen molar-refractivity contribution in [1.29, 1.82) is 0 Å². The third kappa shape index (κ3) is 7.27. The summed E-state index contributed by atoms with van der Waals surface area (Å²) in [6.45, 7) is 1.63. The Morgan fingerprint density at radius 3 is 2.29 bits per heavy atom. The van der Waals surface area contributed by atoms with Crippen LogP contribution < -0.4 is 27.2 Å². The normalized spacial score (nSPS) is 11.5. The van der Waals surface area contributed by atoms with Crippen LogP contribution in [0.1, 0.15) is 30.5 Å². The summed E-state index contributed by atoms with van der Waals surface area (Å²) in [7, 11) is 1.49. The zero-order chi connectivity index (χ0) is 29.4. The molecule has 0 aliphatic heterocycles. The number of amides is 3. The Labute approximate surface area is 235 Å². The maximum Gasteiger partial charge on any atom is 0.331 e. The van der Waals surface area contributed by atoms with E-state index in [1.54, 1.807) is 49.4 Å². The monoisotopic (exact) mass is 557 g/mol. The summed E-state index contributed by atoms with van der Waals surface area (Å²) in [5, 5.41) is 8.33. The molecule has 4 aromatic rings. The highest BCUT2D eigenvalue weighted by atomic mass is 16.5. The zero-order valence-corrected chi connectivity index (χ0v) is 22.8. The minimum atomic E-state index is -0.715. The molecule has 3 amide bonds. The molecule has 0 spiro atoms. The molecule has 0 unspecified atom stereocenters. The Balaban J connectivity index is 1.54. The van der Waals surface area contributed by atoms with Crippen molar-refractivity contribution < 1.29 is 19.1 Å². The molecule has 3 N–H and O–H groups in total. The lowest BCUT2D eigenvalue weighted by atomic mass is 10.0. The lowest BCUT2D eigenvalue weighted by Gasteiger charge is -2.19. The summed E-state index contributed by atoms with van der Waals surface area (Å²) >= 11 is 0. The molecule has 1 heterocycles. The zero-order valence-electron chi connectivity index (χ0n) is 22.8. The predicted octanol–water partition coefficient (Wildman–Crippen LogP) is 2.83. The van der Waals surface area contributed by atoms with E-state index in [2.05, 4.69) is 16.0 Å². The van der Waals surface area contributed by atoms with Crippen molar-refractivity contribution in [2.75, 3.05) is 11.9 Å². The number of esters is 1. The van der Waals surface area contributed by atoms with Gasteiger partial charge < -0.3 is 20.7 Å². The highest BCUT2D eigenvalue weighted by Crippen LogP contribution is 2.18. The minimum absolute atomic E-state index is 0.115. The first-order valence-electron chi connectivity index (χ1n) is 13.1. The van der Waals surface area contributed by atoms with Gasteiger partial charge in [0.05, 0.1) is 30.0 Å². The van der Waals surface area contributed by atoms with Crippen molar-refractivity contribution in [3.63, 3.8) is 0 Å². The fourth-order valence-corrected chi connectivity index (χ4v) is 4.39. The van der Waals surface area contributed by atoms with E-state index < -0.39 is 41.7 Å². The average molecular weight is 558 g/mol. The molecule has 1 atom stereocenters. The van der Waals surface area contributed by atoms with Crippen LogP contribution in [0.2, 0.25) is 0 Å². The molecule has 0 bridgehead atoms. The van der Waals surface area contributed by atoms with Gasteiger partial charge in [-0.05, 0) is 36.2 Å². The van der Waals surface area contributed by atoms with Gasteiger partial charge in [0.2, 0.25) is 5.91 Å². The predicted molar refractivity (Wildman–Crippen MR) is 154 cm³/mol. The van der Waals surface area contributed by atoms with Crippen molar-refractivity contribution in [1.82, 2.24) is 19.8 Å². The molecule has 11 heteroatoms. The summed E-state index contributed by atoms with van der Waals surface area (Å²) in [5.41, 5.74) is 0.918. The molecule has 1 aromatic heterocycles. The van der Waals surface area contributed by atoms with Crippen LogP contribution in [-0.2, 0) is 34.5 Å². The molecular formula is C30H31N5O6. The molecule has 0 aliphatic carbocycles. The van der Waals surface area contributed by atoms with Crippen molar-refractivity contribution in [2.24, 2.45) is 7.05 Å². The summed E-state index contributed by atoms with van der Waals surface area (Å²) < 4.78 is 7.12. The number of nitrogens with one attached hydrogen (secondary N) is 3. The first-order valence-corrected chi connectivity index (χ1v) is 13.1. The average Bonchev–Trinajstić information content (AvgIpc) is 2.98. The Morgan fingerprint density at radius 2 is 1.61 bits per heavy atom. The van der Waals surface area contributed by atoms with Crippen LogP contribution in [0.3, 0.4) is 0 Å². The van der Waals surface area contributed by atoms with E-state index in [-0.39, 0.29) is 18.4 Å². The first-order chi connectivity index (χ1) is 19.8. The van der Waals surface area contributed by atoms with Crippen LogP contribution in [0.4, 0.5) is 10.5 Å². The highest BCUT2D eigenvalue weighted by Gasteiger charge is 2.21. The van der Waals surface area contributed by atoms with Gasteiger partial charge >= 0.3 is 17.7 Å². The number of hydrogen-bond donors (Lipinski definition) is 3. The molecule has 0 saturated heterocycles. The van der Waals surface area contributed by atoms with E-state index >= 15 is 0 Å². The van der Waals surface area contributed by atoms with E-state index in [0.29, 0.717) is 23.3 Å². The lowest BCUT2D eigenvalue weighted by molar-refractivity contribution is -0.143. The van der Waals surface area contributed by atoms with Crippen molar-refractivity contribution in [3.8, 4) is 0 Å². The van der Waals surface area contributed by atoms with Crippen LogP contribution in [0.25, 0.3) is 10.9 Å². The highest BCUT2D eigenvalue weighted by molar-refractivity contribution is 5.92. The van der Waals surface area contributed by atoms with Gasteiger partial charge in [0, 0.05) is 19.3 Å². The van der Waals surface area contributed by atoms with Gasteiger partial charge in [-0.1, -0.05) is 60.7 Å². The molecule has 11 nitrogen and oxygen atoms in total. The maximum atomic E-state index is 13.4. The number of ether oxygens (including phenoxy) is 1. The van der Waals surface area contributed by atoms with Gasteiger partial charge in [-0.2, -0.15) is 0 Å². The van der Waals surface area contributed by atoms with E-state index in [4.69, 9.17) is 4.74 Å². The maximum absolute atomic E-state index is 13.4. The Hall–Kier alpha value is -5.19. The molecule has 41 heavy (non-hydrogen) atoms. The SMILES string of the molecule is CCOC(=O)C[C@@H](NC(=O)Cn1c(=O)c2cc(NC(=O)NCc3ccccc3)ccc2n(C)c1=O)c1ccccc1. The number of fused-ring (bicyclic) bond motifs is 1. The van der Waals surface area contributed by atoms with Crippen LogP contribution >= 0.6 is 0 Å². The van der Waals surface area contributed by atoms with Crippen LogP contribution in [0.5, 0.6) is 0 Å². The number of rotatable bonds is 10. The first kappa shape index (κ1) is 28.8. The second-order valence-electron chi connectivity index (χ2n) is 9.30. The Kier molecular flexibility index (Phi) is 9.31. The number of aryl methyl sites for hydroxylation is 1. The number of urea groups is 1. The second-order valence-corrected chi connectivity index (χ2v) is 9.30. The number of aromatic nitrogens is 2. The topological polar surface area (TPSA) is 141 Å². The standard InChI is InChI=1S/C30H31N5O6/c1-3-41-27(37)17-24(21-12-8-5-9-13-21)33-26(36)19-35-28(38)23-16-22(14-15-25(23)34(2)30(35)40)32-29(39)31-18-20-10-6-4-7-11-20/h4-16,24H,3,17-19H2,1-2H3,(H,33,36)(H2,31,32,39)/t24-/m1/s1. The number of nitrogens with zero attached hydrogens (tertiary/aromatic N) is 2. The lowest BCUT2D eigenvalue weighted by Crippen LogP contribution is -2.44. The fraction of sp³-hybridized carbons (Fsp3) is 0.233. The number of benzene rings is 3. The van der Waals surface area contributed by atoms with Crippen molar-refractivity contribution in [2.45, 2.75) is 32.5 Å². The largest absolute Gasteiger partial charge is 0.466 e. The second kappa shape index (κ2) is 13.2. The van der Waals surface area contributed by atoms with Gasteiger partial charge in [0.25, 0.3) is 5.56 Å². The fourth-order valence-electron chi connectivity index (χ4n) is 4.39. The molecule has 4 rings (SSSR count). The summed E-state index contributed by atoms with van der Waals surface area (Å²) in [6.07, 6.45) is -0.115. The van der Waals surface area contributed by atoms with E-state index in [9.17, 15) is 24.0 Å². The number of hydrogen-bond acceptors (Lipinski definition) is 6. The quantitative estimate of drug-likeness (QED) is 0.256. The molecule has 0 aliphatic rings. The molecule has 212 valence electrons. The molecule has 3 aromatic carbocycles. The van der Waals surface area contributed by atoms with E-state index in [1.807, 2.05) is 30.3 Å². The summed E-state index contributed by atoms with van der Waals surface area (Å²) in [6, 6.07) is 21.7. The van der Waals surface area contributed by atoms with Crippen LogP contribution in [-0.4, -0.2) is 33.6 Å².